The summed E-state index contributed by atoms with van der Waals surface area (Å²) in [5, 5.41) is 1.30. The first kappa shape index (κ1) is 10.1. The predicted octanol–water partition coefficient (Wildman–Crippen LogP) is 3.85. The molecule has 0 unspecified atom stereocenters. The first-order valence-corrected chi connectivity index (χ1v) is 6.07. The fourth-order valence-electron chi connectivity index (χ4n) is 1.73. The van der Waals surface area contributed by atoms with Crippen molar-refractivity contribution in [3.8, 4) is 0 Å². The van der Waals surface area contributed by atoms with Gasteiger partial charge in [0.15, 0.2) is 0 Å². The molecule has 0 saturated heterocycles. The molecule has 0 aliphatic rings. The number of hydrogen-bond acceptors (Lipinski definition) is 1. The monoisotopic (exact) mass is 269 g/mol. The summed E-state index contributed by atoms with van der Waals surface area (Å²) in [5.74, 6) is 0.792. The topological polar surface area (TPSA) is 4.93 Å². The van der Waals surface area contributed by atoms with Crippen molar-refractivity contribution in [2.75, 3.05) is 0 Å². The Labute approximate surface area is 97.6 Å². The van der Waals surface area contributed by atoms with Gasteiger partial charge < -0.3 is 4.57 Å². The minimum absolute atomic E-state index is 0.792. The van der Waals surface area contributed by atoms with Crippen LogP contribution in [0.2, 0.25) is 0 Å². The number of benzene rings is 1. The van der Waals surface area contributed by atoms with Gasteiger partial charge in [0.25, 0.3) is 0 Å². The molecule has 0 aliphatic carbocycles. The Morgan fingerprint density at radius 3 is 2.86 bits per heavy atom. The van der Waals surface area contributed by atoms with Gasteiger partial charge in [0.1, 0.15) is 0 Å². The molecule has 0 amide bonds. The van der Waals surface area contributed by atoms with Crippen molar-refractivity contribution in [1.82, 2.24) is 4.57 Å². The molecule has 0 bridgehead atoms. The molecule has 0 radical (unpaired) electrons. The van der Waals surface area contributed by atoms with Gasteiger partial charge in [-0.1, -0.05) is 15.9 Å². The third-order valence-electron chi connectivity index (χ3n) is 2.44. The van der Waals surface area contributed by atoms with Gasteiger partial charge in [-0.05, 0) is 30.7 Å². The zero-order valence-electron chi connectivity index (χ0n) is 8.00. The van der Waals surface area contributed by atoms with Crippen LogP contribution in [0, 0.1) is 0 Å². The minimum Gasteiger partial charge on any atom is -0.347 e. The molecule has 0 N–H and O–H groups in total. The van der Waals surface area contributed by atoms with Gasteiger partial charge in [-0.3, -0.25) is 0 Å². The average Bonchev–Trinajstić information content (AvgIpc) is 2.55. The number of thiol groups is 1. The lowest BCUT2D eigenvalue weighted by atomic mass is 10.2. The van der Waals surface area contributed by atoms with Gasteiger partial charge in [-0.15, -0.1) is 0 Å². The fourth-order valence-corrected chi connectivity index (χ4v) is 2.34. The highest BCUT2D eigenvalue weighted by Gasteiger charge is 2.06. The Morgan fingerprint density at radius 1 is 1.43 bits per heavy atom. The molecule has 1 heterocycles. The molecule has 2 aromatic rings. The summed E-state index contributed by atoms with van der Waals surface area (Å²) < 4.78 is 3.38. The molecule has 0 spiro atoms. The van der Waals surface area contributed by atoms with Crippen LogP contribution in [0.15, 0.2) is 28.9 Å². The van der Waals surface area contributed by atoms with Gasteiger partial charge >= 0.3 is 0 Å². The van der Waals surface area contributed by atoms with Crippen molar-refractivity contribution in [1.29, 1.82) is 0 Å². The van der Waals surface area contributed by atoms with E-state index in [1.54, 1.807) is 0 Å². The third-order valence-corrected chi connectivity index (χ3v) is 3.27. The molecule has 2 rings (SSSR count). The van der Waals surface area contributed by atoms with E-state index in [0.29, 0.717) is 0 Å². The smallest absolute Gasteiger partial charge is 0.0484 e. The molecule has 74 valence electrons. The molecule has 0 atom stereocenters. The molecule has 1 nitrogen and oxygen atoms in total. The second kappa shape index (κ2) is 3.99. The molecule has 0 aliphatic heterocycles. The first-order valence-electron chi connectivity index (χ1n) is 4.64. The lowest BCUT2D eigenvalue weighted by Crippen LogP contribution is -1.89. The van der Waals surface area contributed by atoms with Crippen molar-refractivity contribution in [2.24, 2.45) is 0 Å². The van der Waals surface area contributed by atoms with Gasteiger partial charge in [-0.25, -0.2) is 0 Å². The highest BCUT2D eigenvalue weighted by Crippen LogP contribution is 2.26. The SMILES string of the molecule is CCn1cc(CS)c2cc(Br)ccc21. The maximum absolute atomic E-state index is 4.34. The highest BCUT2D eigenvalue weighted by atomic mass is 79.9. The molecule has 14 heavy (non-hydrogen) atoms. The summed E-state index contributed by atoms with van der Waals surface area (Å²) in [4.78, 5) is 0. The van der Waals surface area contributed by atoms with E-state index in [0.717, 1.165) is 16.8 Å². The number of aryl methyl sites for hydroxylation is 1. The molecular weight excluding hydrogens is 258 g/mol. The second-order valence-corrected chi connectivity index (χ2v) is 4.49. The van der Waals surface area contributed by atoms with Crippen LogP contribution in [0.3, 0.4) is 0 Å². The van der Waals surface area contributed by atoms with E-state index in [1.807, 2.05) is 0 Å². The number of halogens is 1. The van der Waals surface area contributed by atoms with E-state index in [4.69, 9.17) is 0 Å². The second-order valence-electron chi connectivity index (χ2n) is 3.26. The predicted molar refractivity (Wildman–Crippen MR) is 68.0 cm³/mol. The summed E-state index contributed by atoms with van der Waals surface area (Å²) in [6.07, 6.45) is 2.18. The normalized spacial score (nSPS) is 11.1. The standard InChI is InChI=1S/C11H12BrNS/c1-2-13-6-8(7-14)10-5-9(12)3-4-11(10)13/h3-6,14H,2,7H2,1H3. The maximum atomic E-state index is 4.34. The largest absolute Gasteiger partial charge is 0.347 e. The summed E-state index contributed by atoms with van der Waals surface area (Å²) in [6.45, 7) is 3.16. The Hall–Kier alpha value is -0.410. The Kier molecular flexibility index (Phi) is 2.88. The summed E-state index contributed by atoms with van der Waals surface area (Å²) in [7, 11) is 0. The molecule has 3 heteroatoms. The van der Waals surface area contributed by atoms with Crippen LogP contribution in [0.25, 0.3) is 10.9 Å². The van der Waals surface area contributed by atoms with Crippen molar-refractivity contribution >= 4 is 39.5 Å². The summed E-state index contributed by atoms with van der Waals surface area (Å²) >= 11 is 7.84. The maximum Gasteiger partial charge on any atom is 0.0484 e. The lowest BCUT2D eigenvalue weighted by molar-refractivity contribution is 0.795. The third kappa shape index (κ3) is 1.59. The molecule has 0 saturated carbocycles. The van der Waals surface area contributed by atoms with Crippen LogP contribution in [-0.2, 0) is 12.3 Å². The Morgan fingerprint density at radius 2 is 2.21 bits per heavy atom. The lowest BCUT2D eigenvalue weighted by Gasteiger charge is -1.99. The van der Waals surface area contributed by atoms with Gasteiger partial charge in [-0.2, -0.15) is 12.6 Å². The molecule has 0 fully saturated rings. The van der Waals surface area contributed by atoms with Crippen molar-refractivity contribution in [2.45, 2.75) is 19.2 Å². The van der Waals surface area contributed by atoms with E-state index in [9.17, 15) is 0 Å². The number of hydrogen-bond donors (Lipinski definition) is 1. The van der Waals surface area contributed by atoms with Crippen LogP contribution in [0.1, 0.15) is 12.5 Å². The zero-order chi connectivity index (χ0) is 10.1. The van der Waals surface area contributed by atoms with Crippen molar-refractivity contribution in [3.63, 3.8) is 0 Å². The molecule has 1 aromatic carbocycles. The minimum atomic E-state index is 0.792. The van der Waals surface area contributed by atoms with E-state index < -0.39 is 0 Å². The van der Waals surface area contributed by atoms with Crippen LogP contribution >= 0.6 is 28.6 Å². The first-order chi connectivity index (χ1) is 6.76. The summed E-state index contributed by atoms with van der Waals surface area (Å²) in [6, 6.07) is 6.39. The number of aromatic nitrogens is 1. The molecule has 1 aromatic heterocycles. The Bertz CT molecular complexity index is 462. The van der Waals surface area contributed by atoms with E-state index >= 15 is 0 Å². The quantitative estimate of drug-likeness (QED) is 0.791. The zero-order valence-corrected chi connectivity index (χ0v) is 10.5. The fraction of sp³-hybridized carbons (Fsp3) is 0.273. The van der Waals surface area contributed by atoms with Crippen LogP contribution in [0.5, 0.6) is 0 Å². The summed E-state index contributed by atoms with van der Waals surface area (Å²) in [5.41, 5.74) is 2.59. The van der Waals surface area contributed by atoms with E-state index in [-0.39, 0.29) is 0 Å². The highest BCUT2D eigenvalue weighted by molar-refractivity contribution is 9.10. The van der Waals surface area contributed by atoms with Gasteiger partial charge in [0.05, 0.1) is 0 Å². The van der Waals surface area contributed by atoms with Crippen LogP contribution in [0.4, 0.5) is 0 Å². The van der Waals surface area contributed by atoms with Gasteiger partial charge in [0, 0.05) is 33.9 Å². The van der Waals surface area contributed by atoms with Crippen LogP contribution in [-0.4, -0.2) is 4.57 Å². The van der Waals surface area contributed by atoms with Crippen molar-refractivity contribution in [3.05, 3.63) is 34.4 Å². The number of fused-ring (bicyclic) bond motifs is 1. The van der Waals surface area contributed by atoms with E-state index in [2.05, 4.69) is 64.4 Å². The molecular formula is C11H12BrNS. The Balaban J connectivity index is 2.75. The number of nitrogens with zero attached hydrogens (tertiary/aromatic N) is 1. The van der Waals surface area contributed by atoms with E-state index in [1.165, 1.54) is 16.5 Å². The van der Waals surface area contributed by atoms with Crippen LogP contribution < -0.4 is 0 Å². The van der Waals surface area contributed by atoms with Crippen molar-refractivity contribution < 1.29 is 0 Å². The number of rotatable bonds is 2. The van der Waals surface area contributed by atoms with Gasteiger partial charge in [0.2, 0.25) is 0 Å². The average molecular weight is 270 g/mol.